The van der Waals surface area contributed by atoms with Crippen LogP contribution in [0, 0.1) is 5.41 Å². The third-order valence-electron chi connectivity index (χ3n) is 3.34. The zero-order valence-electron chi connectivity index (χ0n) is 8.31. The van der Waals surface area contributed by atoms with Crippen molar-refractivity contribution in [1.82, 2.24) is 5.32 Å². The van der Waals surface area contributed by atoms with E-state index in [0.717, 1.165) is 25.7 Å². The fourth-order valence-electron chi connectivity index (χ4n) is 2.78. The number of halogens is 4. The van der Waals surface area contributed by atoms with Crippen LogP contribution in [-0.2, 0) is 0 Å². The van der Waals surface area contributed by atoms with Crippen molar-refractivity contribution in [3.05, 3.63) is 0 Å². The first-order chi connectivity index (χ1) is 6.39. The highest BCUT2D eigenvalue weighted by Crippen LogP contribution is 2.55. The molecule has 2 rings (SSSR count). The molecule has 0 unspecified atom stereocenters. The minimum absolute atomic E-state index is 0. The first-order valence-electron chi connectivity index (χ1n) is 4.94. The largest absolute Gasteiger partial charge is 0.401 e. The number of alkyl halides is 3. The van der Waals surface area contributed by atoms with E-state index in [9.17, 15) is 13.2 Å². The summed E-state index contributed by atoms with van der Waals surface area (Å²) in [6, 6.07) is 0.350. The second kappa shape index (κ2) is 4.11. The van der Waals surface area contributed by atoms with Crippen LogP contribution in [0.15, 0.2) is 0 Å². The Kier molecular flexibility index (Phi) is 3.58. The molecule has 2 aliphatic carbocycles. The van der Waals surface area contributed by atoms with Crippen LogP contribution in [0.5, 0.6) is 0 Å². The van der Waals surface area contributed by atoms with Gasteiger partial charge in [-0.25, -0.2) is 0 Å². The van der Waals surface area contributed by atoms with E-state index >= 15 is 0 Å². The summed E-state index contributed by atoms with van der Waals surface area (Å²) < 4.78 is 35.5. The smallest absolute Gasteiger partial charge is 0.328 e. The minimum Gasteiger partial charge on any atom is -0.328 e. The third kappa shape index (κ3) is 2.98. The normalized spacial score (nSPS) is 39.2. The maximum Gasteiger partial charge on any atom is 0.401 e. The Morgan fingerprint density at radius 3 is 2.13 bits per heavy atom. The van der Waals surface area contributed by atoms with Gasteiger partial charge in [0, 0.05) is 12.1 Å². The van der Waals surface area contributed by atoms with E-state index in [0.29, 0.717) is 11.5 Å². The van der Waals surface area contributed by atoms with Gasteiger partial charge >= 0.3 is 6.18 Å². The molecular weight excluding hydrogens is 229 g/mol. The van der Waals surface area contributed by atoms with Crippen molar-refractivity contribution in [1.29, 1.82) is 0 Å². The second-order valence-electron chi connectivity index (χ2n) is 4.77. The fraction of sp³-hybridized carbons (Fsp3) is 1.00. The highest BCUT2D eigenvalue weighted by atomic mass is 35.5. The third-order valence-corrected chi connectivity index (χ3v) is 3.34. The molecule has 0 aromatic heterocycles. The maximum atomic E-state index is 11.8. The van der Waals surface area contributed by atoms with E-state index in [1.54, 1.807) is 0 Å². The van der Waals surface area contributed by atoms with Crippen molar-refractivity contribution in [2.24, 2.45) is 11.1 Å². The topological polar surface area (TPSA) is 38.0 Å². The molecule has 6 heteroatoms. The van der Waals surface area contributed by atoms with Crippen molar-refractivity contribution in [3.63, 3.8) is 0 Å². The van der Waals surface area contributed by atoms with Gasteiger partial charge in [-0.3, -0.25) is 0 Å². The van der Waals surface area contributed by atoms with E-state index in [-0.39, 0.29) is 18.4 Å². The number of rotatable bonds is 2. The fourth-order valence-corrected chi connectivity index (χ4v) is 2.78. The van der Waals surface area contributed by atoms with Gasteiger partial charge in [0.1, 0.15) is 0 Å². The molecule has 0 bridgehead atoms. The van der Waals surface area contributed by atoms with Crippen LogP contribution in [-0.4, -0.2) is 24.8 Å². The molecule has 3 N–H and O–H groups in total. The Balaban J connectivity index is 0.00000112. The van der Waals surface area contributed by atoms with Crippen LogP contribution in [0.3, 0.4) is 0 Å². The summed E-state index contributed by atoms with van der Waals surface area (Å²) in [4.78, 5) is 0. The van der Waals surface area contributed by atoms with E-state index < -0.39 is 12.7 Å². The molecule has 2 saturated carbocycles. The average Bonchev–Trinajstić information content (AvgIpc) is 1.89. The van der Waals surface area contributed by atoms with E-state index in [1.165, 1.54) is 0 Å². The molecule has 0 heterocycles. The van der Waals surface area contributed by atoms with Gasteiger partial charge in [0.05, 0.1) is 6.54 Å². The summed E-state index contributed by atoms with van der Waals surface area (Å²) in [5, 5.41) is 2.53. The van der Waals surface area contributed by atoms with E-state index in [1.807, 2.05) is 0 Å². The summed E-state index contributed by atoms with van der Waals surface area (Å²) in [5.41, 5.74) is 5.96. The number of nitrogens with one attached hydrogen (secondary N) is 1. The van der Waals surface area contributed by atoms with Crippen LogP contribution >= 0.6 is 12.4 Å². The van der Waals surface area contributed by atoms with Gasteiger partial charge in [0.2, 0.25) is 0 Å². The molecule has 0 amide bonds. The molecule has 2 nitrogen and oxygen atoms in total. The minimum atomic E-state index is -4.08. The molecule has 0 atom stereocenters. The highest BCUT2D eigenvalue weighted by Gasteiger charge is 2.51. The number of hydrogen-bond acceptors (Lipinski definition) is 2. The lowest BCUT2D eigenvalue weighted by atomic mass is 9.52. The Morgan fingerprint density at radius 1 is 1.20 bits per heavy atom. The molecule has 0 saturated heterocycles. The summed E-state index contributed by atoms with van der Waals surface area (Å²) in [6.07, 6.45) is -0.347. The summed E-state index contributed by atoms with van der Waals surface area (Å²) in [7, 11) is 0. The van der Waals surface area contributed by atoms with Crippen LogP contribution < -0.4 is 11.1 Å². The predicted molar refractivity (Wildman–Crippen MR) is 54.0 cm³/mol. The zero-order chi connectivity index (χ0) is 10.4. The maximum absolute atomic E-state index is 11.8. The van der Waals surface area contributed by atoms with Crippen molar-refractivity contribution < 1.29 is 13.2 Å². The molecule has 2 fully saturated rings. The summed E-state index contributed by atoms with van der Waals surface area (Å²) in [6.45, 7) is -0.861. The molecule has 0 radical (unpaired) electrons. The van der Waals surface area contributed by atoms with E-state index in [2.05, 4.69) is 5.32 Å². The van der Waals surface area contributed by atoms with Gasteiger partial charge in [-0.05, 0) is 31.1 Å². The van der Waals surface area contributed by atoms with Gasteiger partial charge in [-0.2, -0.15) is 13.2 Å². The van der Waals surface area contributed by atoms with Crippen molar-refractivity contribution in [3.8, 4) is 0 Å². The summed E-state index contributed by atoms with van der Waals surface area (Å²) in [5.74, 6) is 0. The van der Waals surface area contributed by atoms with Gasteiger partial charge in [0.15, 0.2) is 0 Å². The van der Waals surface area contributed by atoms with Crippen molar-refractivity contribution >= 4 is 12.4 Å². The number of nitrogens with two attached hydrogens (primary N) is 1. The molecule has 2 aliphatic rings. The quantitative estimate of drug-likeness (QED) is 0.778. The Bertz CT molecular complexity index is 218. The molecule has 15 heavy (non-hydrogen) atoms. The number of hydrogen-bond donors (Lipinski definition) is 2. The van der Waals surface area contributed by atoms with Gasteiger partial charge in [-0.1, -0.05) is 0 Å². The second-order valence-corrected chi connectivity index (χ2v) is 4.77. The van der Waals surface area contributed by atoms with Crippen LogP contribution in [0.2, 0.25) is 0 Å². The first-order valence-corrected chi connectivity index (χ1v) is 4.94. The van der Waals surface area contributed by atoms with Crippen LogP contribution in [0.4, 0.5) is 13.2 Å². The Morgan fingerprint density at radius 2 is 1.73 bits per heavy atom. The lowest BCUT2D eigenvalue weighted by molar-refractivity contribution is -0.132. The zero-order valence-corrected chi connectivity index (χ0v) is 9.13. The predicted octanol–water partition coefficient (Wildman–Crippen LogP) is 1.83. The molecule has 0 aliphatic heterocycles. The van der Waals surface area contributed by atoms with Crippen molar-refractivity contribution in [2.45, 2.75) is 43.9 Å². The van der Waals surface area contributed by atoms with Gasteiger partial charge in [-0.15, -0.1) is 12.4 Å². The molecule has 90 valence electrons. The average molecular weight is 245 g/mol. The molecule has 0 aromatic carbocycles. The lowest BCUT2D eigenvalue weighted by Crippen LogP contribution is -2.59. The molecule has 0 aromatic rings. The van der Waals surface area contributed by atoms with Gasteiger partial charge < -0.3 is 11.1 Å². The SMILES string of the molecule is Cl.NC1CC2(C1)CC(NCC(F)(F)F)C2. The molecular formula is C9H16ClF3N2. The van der Waals surface area contributed by atoms with Crippen LogP contribution in [0.1, 0.15) is 25.7 Å². The lowest BCUT2D eigenvalue weighted by Gasteiger charge is -2.57. The van der Waals surface area contributed by atoms with Gasteiger partial charge in [0.25, 0.3) is 0 Å². The Hall–Kier alpha value is -0.0000000000000000555. The summed E-state index contributed by atoms with van der Waals surface area (Å²) >= 11 is 0. The first kappa shape index (κ1) is 13.1. The van der Waals surface area contributed by atoms with Crippen LogP contribution in [0.25, 0.3) is 0 Å². The monoisotopic (exact) mass is 244 g/mol. The standard InChI is InChI=1S/C9H15F3N2.ClH/c10-9(11,12)5-14-7-3-8(4-7)1-6(13)2-8;/h6-7,14H,1-5,13H2;1H. The van der Waals surface area contributed by atoms with Crippen molar-refractivity contribution in [2.75, 3.05) is 6.54 Å². The van der Waals surface area contributed by atoms with E-state index in [4.69, 9.17) is 5.73 Å². The Labute approximate surface area is 93.2 Å². The molecule has 1 spiro atoms. The highest BCUT2D eigenvalue weighted by molar-refractivity contribution is 5.85.